The highest BCUT2D eigenvalue weighted by Gasteiger charge is 2.35. The maximum atomic E-state index is 14.1. The summed E-state index contributed by atoms with van der Waals surface area (Å²) < 4.78 is 8.57. The molecule has 0 radical (unpaired) electrons. The predicted molar refractivity (Wildman–Crippen MR) is 154 cm³/mol. The first-order chi connectivity index (χ1) is 19.7. The molecular formula is C32H30N4O5. The fourth-order valence-corrected chi connectivity index (χ4v) is 5.93. The molecule has 4 aromatic rings. The van der Waals surface area contributed by atoms with E-state index < -0.39 is 0 Å². The molecule has 2 aliphatic rings. The number of aromatic nitrogens is 2. The van der Waals surface area contributed by atoms with Crippen molar-refractivity contribution in [3.05, 3.63) is 104 Å². The van der Waals surface area contributed by atoms with Crippen LogP contribution in [0.1, 0.15) is 43.0 Å². The normalized spacial score (nSPS) is 14.2. The van der Waals surface area contributed by atoms with Crippen molar-refractivity contribution in [2.45, 2.75) is 40.3 Å². The van der Waals surface area contributed by atoms with Crippen molar-refractivity contribution in [1.29, 1.82) is 0 Å². The lowest BCUT2D eigenvalue weighted by molar-refractivity contribution is 0.0647. The third-order valence-electron chi connectivity index (χ3n) is 7.87. The third-order valence-corrected chi connectivity index (χ3v) is 7.87. The van der Waals surface area contributed by atoms with Gasteiger partial charge in [-0.3, -0.25) is 23.6 Å². The molecule has 0 saturated heterocycles. The number of aryl methyl sites for hydroxylation is 4. The van der Waals surface area contributed by atoms with Gasteiger partial charge in [0.25, 0.3) is 11.8 Å². The number of amides is 2. The van der Waals surface area contributed by atoms with Gasteiger partial charge in [0.15, 0.2) is 11.5 Å². The van der Waals surface area contributed by atoms with Crippen LogP contribution in [0, 0.1) is 20.8 Å². The van der Waals surface area contributed by atoms with E-state index in [1.807, 2.05) is 39.0 Å². The number of fused-ring (bicyclic) bond motifs is 4. The summed E-state index contributed by atoms with van der Waals surface area (Å²) in [6, 6.07) is 16.1. The molecule has 9 nitrogen and oxygen atoms in total. The SMILES string of the molecule is COc1cc2c(cc1O)CCn1c-2c/c(=N\c2c(C)cc(C)cc2C)n(CCN2C(=O)c3ccccc3C2=O)c1=O. The van der Waals surface area contributed by atoms with Crippen molar-refractivity contribution >= 4 is 17.5 Å². The van der Waals surface area contributed by atoms with Crippen molar-refractivity contribution in [1.82, 2.24) is 14.0 Å². The van der Waals surface area contributed by atoms with Crippen LogP contribution in [-0.2, 0) is 19.5 Å². The molecule has 2 amide bonds. The monoisotopic (exact) mass is 550 g/mol. The maximum Gasteiger partial charge on any atom is 0.330 e. The van der Waals surface area contributed by atoms with Crippen LogP contribution in [0.5, 0.6) is 11.5 Å². The highest BCUT2D eigenvalue weighted by Crippen LogP contribution is 2.37. The molecule has 0 atom stereocenters. The number of phenols is 1. The van der Waals surface area contributed by atoms with Gasteiger partial charge in [-0.05, 0) is 68.1 Å². The quantitative estimate of drug-likeness (QED) is 0.378. The van der Waals surface area contributed by atoms with Crippen LogP contribution >= 0.6 is 0 Å². The highest BCUT2D eigenvalue weighted by molar-refractivity contribution is 6.21. The lowest BCUT2D eigenvalue weighted by atomic mass is 9.97. The number of rotatable bonds is 5. The Morgan fingerprint density at radius 1 is 0.878 bits per heavy atom. The molecule has 2 aliphatic heterocycles. The lowest BCUT2D eigenvalue weighted by Gasteiger charge is -2.24. The molecule has 3 aromatic carbocycles. The molecule has 41 heavy (non-hydrogen) atoms. The van der Waals surface area contributed by atoms with Gasteiger partial charge in [-0.2, -0.15) is 0 Å². The van der Waals surface area contributed by atoms with Crippen molar-refractivity contribution in [2.75, 3.05) is 13.7 Å². The van der Waals surface area contributed by atoms with E-state index in [2.05, 4.69) is 0 Å². The largest absolute Gasteiger partial charge is 0.504 e. The van der Waals surface area contributed by atoms with Gasteiger partial charge in [0.1, 0.15) is 5.49 Å². The van der Waals surface area contributed by atoms with Gasteiger partial charge in [-0.15, -0.1) is 0 Å². The van der Waals surface area contributed by atoms with E-state index in [9.17, 15) is 19.5 Å². The van der Waals surface area contributed by atoms with Crippen LogP contribution in [-0.4, -0.2) is 44.6 Å². The summed E-state index contributed by atoms with van der Waals surface area (Å²) in [7, 11) is 1.49. The summed E-state index contributed by atoms with van der Waals surface area (Å²) in [5, 5.41) is 10.4. The van der Waals surface area contributed by atoms with Gasteiger partial charge >= 0.3 is 5.69 Å². The van der Waals surface area contributed by atoms with E-state index in [0.29, 0.717) is 41.0 Å². The van der Waals surface area contributed by atoms with Crippen LogP contribution in [0.15, 0.2) is 64.4 Å². The Balaban J connectivity index is 1.51. The Hall–Kier alpha value is -4.92. The Morgan fingerprint density at radius 2 is 1.54 bits per heavy atom. The summed E-state index contributed by atoms with van der Waals surface area (Å²) >= 11 is 0. The minimum absolute atomic E-state index is 0.0261. The molecule has 0 unspecified atom stereocenters. The van der Waals surface area contributed by atoms with Gasteiger partial charge in [0.2, 0.25) is 0 Å². The van der Waals surface area contributed by atoms with Gasteiger partial charge < -0.3 is 9.84 Å². The minimum atomic E-state index is -0.367. The molecule has 0 saturated carbocycles. The standard InChI is InChI=1S/C32H30N4O5/c1-18-13-19(2)29(20(3)14-18)33-28-17-25-24-16-27(41-4)26(37)15-21(24)9-10-34(25)32(40)35(28)11-12-36-30(38)22-7-5-6-8-23(22)31(36)39/h5-8,13-17,37H,9-12H2,1-4H3/b33-28+. The molecule has 208 valence electrons. The van der Waals surface area contributed by atoms with E-state index in [1.165, 1.54) is 16.6 Å². The molecule has 0 fully saturated rings. The van der Waals surface area contributed by atoms with E-state index in [1.54, 1.807) is 41.0 Å². The zero-order valence-electron chi connectivity index (χ0n) is 23.4. The molecule has 1 aromatic heterocycles. The first-order valence-electron chi connectivity index (χ1n) is 13.5. The Kier molecular flexibility index (Phi) is 6.37. The second-order valence-electron chi connectivity index (χ2n) is 10.6. The number of carbonyl (C=O) groups is 2. The molecule has 1 N–H and O–H groups in total. The number of aromatic hydroxyl groups is 1. The summed E-state index contributed by atoms with van der Waals surface area (Å²) in [6.07, 6.45) is 0.546. The Morgan fingerprint density at radius 3 is 2.17 bits per heavy atom. The van der Waals surface area contributed by atoms with Crippen LogP contribution in [0.4, 0.5) is 5.69 Å². The van der Waals surface area contributed by atoms with Crippen LogP contribution in [0.3, 0.4) is 0 Å². The second-order valence-corrected chi connectivity index (χ2v) is 10.6. The molecule has 6 rings (SSSR count). The Labute approximate surface area is 236 Å². The number of carbonyl (C=O) groups excluding carboxylic acids is 2. The first-order valence-corrected chi connectivity index (χ1v) is 13.5. The number of hydrogen-bond donors (Lipinski definition) is 1. The van der Waals surface area contributed by atoms with Crippen LogP contribution < -0.4 is 15.9 Å². The van der Waals surface area contributed by atoms with E-state index in [-0.39, 0.29) is 36.3 Å². The molecule has 0 spiro atoms. The molecule has 3 heterocycles. The van der Waals surface area contributed by atoms with E-state index in [4.69, 9.17) is 9.73 Å². The summed E-state index contributed by atoms with van der Waals surface area (Å²) in [6.45, 7) is 6.50. The predicted octanol–water partition coefficient (Wildman–Crippen LogP) is 4.04. The fourth-order valence-electron chi connectivity index (χ4n) is 5.93. The third kappa shape index (κ3) is 4.34. The number of hydrogen-bond acceptors (Lipinski definition) is 6. The summed E-state index contributed by atoms with van der Waals surface area (Å²) in [5.74, 6) is -0.372. The number of imide groups is 1. The minimum Gasteiger partial charge on any atom is -0.504 e. The van der Waals surface area contributed by atoms with Crippen LogP contribution in [0.25, 0.3) is 11.3 Å². The zero-order chi connectivity index (χ0) is 29.0. The topological polar surface area (TPSA) is 106 Å². The average molecular weight is 551 g/mol. The lowest BCUT2D eigenvalue weighted by Crippen LogP contribution is -2.45. The number of methoxy groups -OCH3 is 1. The second kappa shape index (κ2) is 9.92. The highest BCUT2D eigenvalue weighted by atomic mass is 16.5. The number of nitrogens with zero attached hydrogens (tertiary/aromatic N) is 4. The number of phenolic OH excluding ortho intramolecular Hbond substituents is 1. The Bertz CT molecular complexity index is 1840. The smallest absolute Gasteiger partial charge is 0.330 e. The molecule has 0 aliphatic carbocycles. The van der Waals surface area contributed by atoms with E-state index in [0.717, 1.165) is 33.5 Å². The van der Waals surface area contributed by atoms with Crippen molar-refractivity contribution in [3.8, 4) is 22.8 Å². The first kappa shape index (κ1) is 26.3. The van der Waals surface area contributed by atoms with Crippen molar-refractivity contribution < 1.29 is 19.4 Å². The number of benzene rings is 3. The number of ether oxygens (including phenoxy) is 1. The van der Waals surface area contributed by atoms with Gasteiger partial charge in [0.05, 0.1) is 29.6 Å². The van der Waals surface area contributed by atoms with Gasteiger partial charge in [0, 0.05) is 31.3 Å². The molecule has 0 bridgehead atoms. The van der Waals surface area contributed by atoms with E-state index >= 15 is 0 Å². The fraction of sp³-hybridized carbons (Fsp3) is 0.250. The zero-order valence-corrected chi connectivity index (χ0v) is 23.4. The molecular weight excluding hydrogens is 520 g/mol. The van der Waals surface area contributed by atoms with Crippen molar-refractivity contribution in [2.24, 2.45) is 4.99 Å². The molecule has 9 heteroatoms. The maximum absolute atomic E-state index is 14.1. The summed E-state index contributed by atoms with van der Waals surface area (Å²) in [5.41, 5.74) is 7.02. The van der Waals surface area contributed by atoms with Crippen LogP contribution in [0.2, 0.25) is 0 Å². The average Bonchev–Trinajstić information content (AvgIpc) is 3.19. The summed E-state index contributed by atoms with van der Waals surface area (Å²) in [4.78, 5) is 46.3. The van der Waals surface area contributed by atoms with Crippen molar-refractivity contribution in [3.63, 3.8) is 0 Å². The van der Waals surface area contributed by atoms with Gasteiger partial charge in [-0.1, -0.05) is 29.8 Å². The van der Waals surface area contributed by atoms with Gasteiger partial charge in [-0.25, -0.2) is 9.79 Å².